The molecule has 4 rings (SSSR count). The minimum absolute atomic E-state index is 0.0187. The van der Waals surface area contributed by atoms with E-state index in [-0.39, 0.29) is 34.7 Å². The molecule has 2 N–H and O–H groups in total. The van der Waals surface area contributed by atoms with Gasteiger partial charge in [0.1, 0.15) is 11.7 Å². The quantitative estimate of drug-likeness (QED) is 0.241. The van der Waals surface area contributed by atoms with Crippen molar-refractivity contribution < 1.29 is 29.2 Å². The fraction of sp³-hybridized carbons (Fsp3) is 0.696. The summed E-state index contributed by atoms with van der Waals surface area (Å²) in [5, 5.41) is 18.8. The molecular weight excluding hydrogens is 372 g/mol. The van der Waals surface area contributed by atoms with Crippen LogP contribution < -0.4 is 0 Å². The Balaban J connectivity index is 1.52. The van der Waals surface area contributed by atoms with E-state index in [0.717, 1.165) is 12.8 Å². The van der Waals surface area contributed by atoms with Gasteiger partial charge in [0.2, 0.25) is 0 Å². The highest BCUT2D eigenvalue weighted by Crippen LogP contribution is 2.71. The van der Waals surface area contributed by atoms with Gasteiger partial charge in [-0.2, -0.15) is 0 Å². The van der Waals surface area contributed by atoms with Gasteiger partial charge in [0.05, 0.1) is 31.0 Å². The second-order valence-electron chi connectivity index (χ2n) is 9.49. The van der Waals surface area contributed by atoms with Gasteiger partial charge in [0.25, 0.3) is 0 Å². The van der Waals surface area contributed by atoms with E-state index in [1.807, 2.05) is 0 Å². The number of aliphatic hydroxyl groups is 2. The zero-order valence-corrected chi connectivity index (χ0v) is 17.6. The average Bonchev–Trinajstić information content (AvgIpc) is 3.43. The van der Waals surface area contributed by atoms with Crippen molar-refractivity contribution in [2.45, 2.75) is 83.1 Å². The fourth-order valence-electron chi connectivity index (χ4n) is 5.67. The van der Waals surface area contributed by atoms with E-state index in [1.54, 1.807) is 0 Å². The molecule has 29 heavy (non-hydrogen) atoms. The Kier molecular flexibility index (Phi) is 5.05. The number of epoxide rings is 1. The molecule has 2 bridgehead atoms. The summed E-state index contributed by atoms with van der Waals surface area (Å²) in [4.78, 5) is 12.5. The number of hydrogen-bond acceptors (Lipinski definition) is 6. The Morgan fingerprint density at radius 1 is 1.34 bits per heavy atom. The normalized spacial score (nSPS) is 45.3. The van der Waals surface area contributed by atoms with E-state index in [2.05, 4.69) is 26.8 Å². The van der Waals surface area contributed by atoms with Crippen molar-refractivity contribution in [2.75, 3.05) is 6.61 Å². The Morgan fingerprint density at radius 3 is 2.72 bits per heavy atom. The molecule has 160 valence electrons. The molecule has 2 aliphatic carbocycles. The zero-order valence-electron chi connectivity index (χ0n) is 17.6. The molecule has 0 aromatic heterocycles. The monoisotopic (exact) mass is 404 g/mol. The molecule has 2 aliphatic heterocycles. The zero-order chi connectivity index (χ0) is 21.0. The Morgan fingerprint density at radius 2 is 2.07 bits per heavy atom. The lowest BCUT2D eigenvalue weighted by Crippen LogP contribution is -2.63. The Hall–Kier alpha value is -1.47. The molecule has 6 nitrogen and oxygen atoms in total. The maximum Gasteiger partial charge on any atom is 0.331 e. The van der Waals surface area contributed by atoms with Crippen LogP contribution in [0.2, 0.25) is 0 Å². The van der Waals surface area contributed by atoms with E-state index in [0.29, 0.717) is 13.0 Å². The summed E-state index contributed by atoms with van der Waals surface area (Å²) in [6, 6.07) is 0. The van der Waals surface area contributed by atoms with Crippen molar-refractivity contribution >= 4 is 5.97 Å². The largest absolute Gasteiger partial charge is 0.458 e. The van der Waals surface area contributed by atoms with Crippen LogP contribution in [0, 0.1) is 10.8 Å². The predicted molar refractivity (Wildman–Crippen MR) is 107 cm³/mol. The molecule has 1 saturated carbocycles. The van der Waals surface area contributed by atoms with Crippen molar-refractivity contribution in [3.05, 3.63) is 36.0 Å². The van der Waals surface area contributed by atoms with Crippen molar-refractivity contribution in [3.8, 4) is 0 Å². The second-order valence-corrected chi connectivity index (χ2v) is 9.49. The van der Waals surface area contributed by atoms with Crippen LogP contribution in [-0.2, 0) is 19.0 Å². The van der Waals surface area contributed by atoms with Crippen LogP contribution in [0.15, 0.2) is 36.0 Å². The number of ether oxygens (including phenoxy) is 3. The van der Waals surface area contributed by atoms with E-state index < -0.39 is 18.2 Å². The van der Waals surface area contributed by atoms with Crippen LogP contribution >= 0.6 is 0 Å². The van der Waals surface area contributed by atoms with Gasteiger partial charge in [-0.25, -0.2) is 4.79 Å². The Labute approximate surface area is 172 Å². The molecule has 3 fully saturated rings. The average molecular weight is 405 g/mol. The summed E-state index contributed by atoms with van der Waals surface area (Å²) in [5.41, 5.74) is 0.525. The standard InChI is InChI=1S/C23H32O6/c1-14-9-10-21(3)17(11-14)28-19-12-18(22(21,4)23(19)13-27-23)29-20(26)8-6-5-7-16(25)15(2)24/h5-8,11,15-19,24-25H,9-10,12-13H2,1-4H3/b7-5+,8-6+/t15-,16+,17-,18-,19-,21-,22-,23+/m1/s1. The van der Waals surface area contributed by atoms with Crippen LogP contribution in [0.1, 0.15) is 47.0 Å². The number of allylic oxidation sites excluding steroid dienone is 3. The van der Waals surface area contributed by atoms with E-state index in [1.165, 1.54) is 36.8 Å². The highest BCUT2D eigenvalue weighted by molar-refractivity contribution is 5.82. The highest BCUT2D eigenvalue weighted by Gasteiger charge is 2.81. The topological polar surface area (TPSA) is 88.5 Å². The molecule has 8 atom stereocenters. The molecule has 2 saturated heterocycles. The molecule has 0 aromatic rings. The molecule has 2 heterocycles. The number of aliphatic hydroxyl groups excluding tert-OH is 2. The molecule has 0 unspecified atom stereocenters. The first-order valence-corrected chi connectivity index (χ1v) is 10.5. The van der Waals surface area contributed by atoms with Gasteiger partial charge in [-0.3, -0.25) is 0 Å². The van der Waals surface area contributed by atoms with Crippen LogP contribution in [-0.4, -0.2) is 58.9 Å². The van der Waals surface area contributed by atoms with Gasteiger partial charge in [0.15, 0.2) is 0 Å². The van der Waals surface area contributed by atoms with E-state index >= 15 is 0 Å². The number of hydrogen-bond donors (Lipinski definition) is 2. The predicted octanol–water partition coefficient (Wildman–Crippen LogP) is 2.45. The molecule has 4 aliphatic rings. The summed E-state index contributed by atoms with van der Waals surface area (Å²) < 4.78 is 18.4. The van der Waals surface area contributed by atoms with E-state index in [9.17, 15) is 15.0 Å². The van der Waals surface area contributed by atoms with Crippen LogP contribution in [0.3, 0.4) is 0 Å². The SMILES string of the molecule is CC1=C[C@H]2O[C@@H]3C[C@@H](OC(=O)/C=C/C=C/[C@H](O)[C@@H](C)O)[C@@](C)([C@]34CO4)[C@]2(C)CC1. The second kappa shape index (κ2) is 7.05. The summed E-state index contributed by atoms with van der Waals surface area (Å²) >= 11 is 0. The summed E-state index contributed by atoms with van der Waals surface area (Å²) in [5.74, 6) is -0.418. The molecule has 1 spiro atoms. The lowest BCUT2D eigenvalue weighted by molar-refractivity contribution is -0.209. The molecule has 0 aromatic carbocycles. The van der Waals surface area contributed by atoms with Crippen molar-refractivity contribution in [1.29, 1.82) is 0 Å². The number of fused-ring (bicyclic) bond motifs is 2. The van der Waals surface area contributed by atoms with Crippen LogP contribution in [0.5, 0.6) is 0 Å². The first kappa shape index (κ1) is 20.8. The third-order valence-electron chi connectivity index (χ3n) is 7.93. The van der Waals surface area contributed by atoms with E-state index in [4.69, 9.17) is 14.2 Å². The molecule has 6 heteroatoms. The number of esters is 1. The van der Waals surface area contributed by atoms with Gasteiger partial charge in [-0.1, -0.05) is 43.7 Å². The maximum absolute atomic E-state index is 12.5. The molecule has 0 radical (unpaired) electrons. The van der Waals surface area contributed by atoms with Gasteiger partial charge in [-0.15, -0.1) is 0 Å². The van der Waals surface area contributed by atoms with Crippen LogP contribution in [0.4, 0.5) is 0 Å². The van der Waals surface area contributed by atoms with Gasteiger partial charge >= 0.3 is 5.97 Å². The van der Waals surface area contributed by atoms with Gasteiger partial charge in [-0.05, 0) is 26.7 Å². The van der Waals surface area contributed by atoms with Crippen molar-refractivity contribution in [2.24, 2.45) is 10.8 Å². The summed E-state index contributed by atoms with van der Waals surface area (Å²) in [7, 11) is 0. The maximum atomic E-state index is 12.5. The smallest absolute Gasteiger partial charge is 0.331 e. The first-order chi connectivity index (χ1) is 13.6. The lowest BCUT2D eigenvalue weighted by Gasteiger charge is -2.57. The summed E-state index contributed by atoms with van der Waals surface area (Å²) in [6.07, 6.45) is 8.59. The molecule has 0 amide bonds. The number of carbonyl (C=O) groups is 1. The third kappa shape index (κ3) is 3.03. The number of rotatable bonds is 5. The van der Waals surface area contributed by atoms with Crippen LogP contribution in [0.25, 0.3) is 0 Å². The minimum atomic E-state index is -0.965. The van der Waals surface area contributed by atoms with Gasteiger partial charge in [0, 0.05) is 23.3 Å². The van der Waals surface area contributed by atoms with Crippen molar-refractivity contribution in [1.82, 2.24) is 0 Å². The number of carbonyl (C=O) groups excluding carboxylic acids is 1. The highest BCUT2D eigenvalue weighted by atomic mass is 16.6. The van der Waals surface area contributed by atoms with Crippen molar-refractivity contribution in [3.63, 3.8) is 0 Å². The Bertz CT molecular complexity index is 763. The first-order valence-electron chi connectivity index (χ1n) is 10.5. The van der Waals surface area contributed by atoms with Gasteiger partial charge < -0.3 is 24.4 Å². The fourth-order valence-corrected chi connectivity index (χ4v) is 5.67. The lowest BCUT2D eigenvalue weighted by atomic mass is 9.52. The summed E-state index contributed by atoms with van der Waals surface area (Å²) in [6.45, 7) is 8.77. The third-order valence-corrected chi connectivity index (χ3v) is 7.93. The molecular formula is C23H32O6. The minimum Gasteiger partial charge on any atom is -0.458 e.